The fourth-order valence-electron chi connectivity index (χ4n) is 4.57. The van der Waals surface area contributed by atoms with Crippen LogP contribution < -0.4 is 0 Å². The van der Waals surface area contributed by atoms with Gasteiger partial charge in [-0.25, -0.2) is 0 Å². The number of allylic oxidation sites excluding steroid dienone is 1. The molecule has 0 aromatic carbocycles. The summed E-state index contributed by atoms with van der Waals surface area (Å²) in [5.74, 6) is 0. The zero-order valence-corrected chi connectivity index (χ0v) is 12.3. The molecule has 4 atom stereocenters. The molecule has 2 aliphatic carbocycles. The number of hydrogen-bond acceptors (Lipinski definition) is 2. The third-order valence-electron chi connectivity index (χ3n) is 6.06. The van der Waals surface area contributed by atoms with Gasteiger partial charge in [-0.3, -0.25) is 4.79 Å². The van der Waals surface area contributed by atoms with Gasteiger partial charge in [-0.05, 0) is 44.8 Å². The van der Waals surface area contributed by atoms with Crippen LogP contribution in [0.15, 0.2) is 11.6 Å². The molecule has 0 amide bonds. The maximum Gasteiger partial charge on any atom is 0.146 e. The van der Waals surface area contributed by atoms with Crippen LogP contribution in [0, 0.1) is 10.8 Å². The molecule has 0 aromatic rings. The minimum atomic E-state index is -0.329. The van der Waals surface area contributed by atoms with Gasteiger partial charge in [-0.15, -0.1) is 11.6 Å². The molecule has 2 fully saturated rings. The predicted molar refractivity (Wildman–Crippen MR) is 71.7 cm³/mol. The normalized spacial score (nSPS) is 52.9. The van der Waals surface area contributed by atoms with Crippen molar-refractivity contribution >= 4 is 17.9 Å². The number of carbonyl (C=O) groups excluding carboxylic acids is 1. The van der Waals surface area contributed by atoms with E-state index < -0.39 is 0 Å². The Bertz CT molecular complexity index is 451. The first-order valence-electron chi connectivity index (χ1n) is 6.74. The van der Waals surface area contributed by atoms with E-state index in [2.05, 4.69) is 33.8 Å². The number of rotatable bonds is 1. The number of aldehydes is 1. The molecule has 0 radical (unpaired) electrons. The maximum atomic E-state index is 11.3. The Morgan fingerprint density at radius 1 is 1.33 bits per heavy atom. The summed E-state index contributed by atoms with van der Waals surface area (Å²) >= 11 is 6.58. The van der Waals surface area contributed by atoms with Crippen molar-refractivity contribution in [3.8, 4) is 0 Å². The molecule has 0 unspecified atom stereocenters. The van der Waals surface area contributed by atoms with E-state index in [-0.39, 0.29) is 27.4 Å². The van der Waals surface area contributed by atoms with Crippen LogP contribution >= 0.6 is 11.6 Å². The third kappa shape index (κ3) is 1.17. The molecule has 1 spiro atoms. The van der Waals surface area contributed by atoms with Crippen molar-refractivity contribution < 1.29 is 9.53 Å². The summed E-state index contributed by atoms with van der Waals surface area (Å²) < 4.78 is 6.30. The van der Waals surface area contributed by atoms with E-state index in [4.69, 9.17) is 16.3 Å². The van der Waals surface area contributed by atoms with E-state index in [1.54, 1.807) is 0 Å². The highest BCUT2D eigenvalue weighted by atomic mass is 35.5. The zero-order valence-electron chi connectivity index (χ0n) is 11.5. The number of halogens is 1. The van der Waals surface area contributed by atoms with Gasteiger partial charge in [0.1, 0.15) is 6.29 Å². The molecule has 3 aliphatic rings. The van der Waals surface area contributed by atoms with Crippen LogP contribution in [-0.4, -0.2) is 22.9 Å². The van der Waals surface area contributed by atoms with Gasteiger partial charge in [0.05, 0.1) is 16.6 Å². The summed E-state index contributed by atoms with van der Waals surface area (Å²) in [7, 11) is 0. The molecule has 1 saturated heterocycles. The second-order valence-corrected chi connectivity index (χ2v) is 7.98. The molecule has 3 rings (SSSR count). The quantitative estimate of drug-likeness (QED) is 0.538. The van der Waals surface area contributed by atoms with Crippen molar-refractivity contribution in [3.63, 3.8) is 0 Å². The van der Waals surface area contributed by atoms with E-state index in [9.17, 15) is 4.79 Å². The molecule has 0 aromatic heterocycles. The summed E-state index contributed by atoms with van der Waals surface area (Å²) in [6.45, 7) is 8.57. The van der Waals surface area contributed by atoms with E-state index >= 15 is 0 Å². The van der Waals surface area contributed by atoms with Gasteiger partial charge in [-0.1, -0.05) is 13.8 Å². The Morgan fingerprint density at radius 2 is 2.00 bits per heavy atom. The highest BCUT2D eigenvalue weighted by Gasteiger charge is 2.71. The van der Waals surface area contributed by atoms with Crippen LogP contribution in [0.4, 0.5) is 0 Å². The van der Waals surface area contributed by atoms with Crippen molar-refractivity contribution in [3.05, 3.63) is 11.6 Å². The van der Waals surface area contributed by atoms with Crippen LogP contribution in [0.1, 0.15) is 47.0 Å². The molecular weight excluding hydrogens is 248 g/mol. The fourth-order valence-corrected chi connectivity index (χ4v) is 4.79. The number of ether oxygens (including phenoxy) is 1. The summed E-state index contributed by atoms with van der Waals surface area (Å²) in [6.07, 6.45) is 6.11. The lowest BCUT2D eigenvalue weighted by molar-refractivity contribution is -0.106. The van der Waals surface area contributed by atoms with Crippen molar-refractivity contribution in [1.29, 1.82) is 0 Å². The van der Waals surface area contributed by atoms with Crippen LogP contribution in [0.5, 0.6) is 0 Å². The van der Waals surface area contributed by atoms with Gasteiger partial charge in [0, 0.05) is 10.8 Å². The molecule has 1 heterocycles. The Balaban J connectivity index is 2.13. The van der Waals surface area contributed by atoms with E-state index in [0.717, 1.165) is 31.1 Å². The lowest BCUT2D eigenvalue weighted by atomic mass is 9.54. The van der Waals surface area contributed by atoms with Crippen LogP contribution in [0.3, 0.4) is 0 Å². The van der Waals surface area contributed by atoms with Gasteiger partial charge >= 0.3 is 0 Å². The average molecular weight is 269 g/mol. The van der Waals surface area contributed by atoms with Crippen molar-refractivity contribution in [2.45, 2.75) is 63.5 Å². The SMILES string of the molecule is CC1(C)C(C=O)=C[C@]2(C)O[C@@H]3C[C@]12CC[C@@]3(C)Cl. The molecule has 2 nitrogen and oxygen atoms in total. The second kappa shape index (κ2) is 3.21. The Labute approximate surface area is 114 Å². The largest absolute Gasteiger partial charge is 0.365 e. The van der Waals surface area contributed by atoms with Gasteiger partial charge in [0.2, 0.25) is 0 Å². The molecule has 0 N–H and O–H groups in total. The lowest BCUT2D eigenvalue weighted by Gasteiger charge is -2.48. The molecule has 1 aliphatic heterocycles. The highest BCUT2D eigenvalue weighted by molar-refractivity contribution is 6.24. The van der Waals surface area contributed by atoms with Gasteiger partial charge < -0.3 is 4.74 Å². The van der Waals surface area contributed by atoms with Crippen molar-refractivity contribution in [2.24, 2.45) is 10.8 Å². The minimum absolute atomic E-state index is 0.0370. The summed E-state index contributed by atoms with van der Waals surface area (Å²) in [4.78, 5) is 11.1. The molecular formula is C15H21ClO2. The predicted octanol–water partition coefficient (Wildman–Crippen LogP) is 3.48. The van der Waals surface area contributed by atoms with Crippen LogP contribution in [0.25, 0.3) is 0 Å². The zero-order chi connectivity index (χ0) is 13.4. The third-order valence-corrected chi connectivity index (χ3v) is 6.49. The standard InChI is InChI=1S/C15H21ClO2/c1-12(2)10(9-17)7-14(4)15(12)6-5-13(3,16)11(8-15)18-14/h7,9,11H,5-6,8H2,1-4H3/t11-,13-,14+,15-/m1/s1. The smallest absolute Gasteiger partial charge is 0.146 e. The minimum Gasteiger partial charge on any atom is -0.365 e. The second-order valence-electron chi connectivity index (χ2n) is 7.12. The van der Waals surface area contributed by atoms with Gasteiger partial charge in [0.25, 0.3) is 0 Å². The fraction of sp³-hybridized carbons (Fsp3) is 0.800. The average Bonchev–Trinajstić information content (AvgIpc) is 2.62. The highest BCUT2D eigenvalue weighted by Crippen LogP contribution is 2.70. The number of fused-ring (bicyclic) bond motifs is 1. The van der Waals surface area contributed by atoms with Gasteiger partial charge in [-0.2, -0.15) is 0 Å². The Kier molecular flexibility index (Phi) is 2.26. The first kappa shape index (κ1) is 12.7. The summed E-state index contributed by atoms with van der Waals surface area (Å²) in [6, 6.07) is 0. The molecule has 100 valence electrons. The topological polar surface area (TPSA) is 26.3 Å². The molecule has 18 heavy (non-hydrogen) atoms. The Morgan fingerprint density at radius 3 is 2.61 bits per heavy atom. The number of hydrogen-bond donors (Lipinski definition) is 0. The first-order valence-corrected chi connectivity index (χ1v) is 7.12. The monoisotopic (exact) mass is 268 g/mol. The van der Waals surface area contributed by atoms with Gasteiger partial charge in [0.15, 0.2) is 0 Å². The van der Waals surface area contributed by atoms with Crippen molar-refractivity contribution in [1.82, 2.24) is 0 Å². The van der Waals surface area contributed by atoms with E-state index in [1.165, 1.54) is 0 Å². The van der Waals surface area contributed by atoms with Crippen LogP contribution in [-0.2, 0) is 9.53 Å². The summed E-state index contributed by atoms with van der Waals surface area (Å²) in [5, 5.41) is 0. The van der Waals surface area contributed by atoms with Crippen molar-refractivity contribution in [2.75, 3.05) is 0 Å². The maximum absolute atomic E-state index is 11.3. The number of alkyl halides is 1. The van der Waals surface area contributed by atoms with Crippen LogP contribution in [0.2, 0.25) is 0 Å². The Hall–Kier alpha value is -0.340. The molecule has 2 bridgehead atoms. The van der Waals surface area contributed by atoms with E-state index in [0.29, 0.717) is 0 Å². The summed E-state index contributed by atoms with van der Waals surface area (Å²) in [5.41, 5.74) is 0.479. The van der Waals surface area contributed by atoms with E-state index in [1.807, 2.05) is 0 Å². The number of carbonyl (C=O) groups is 1. The lowest BCUT2D eigenvalue weighted by Crippen LogP contribution is -2.49. The first-order chi connectivity index (χ1) is 8.19. The molecule has 3 heteroatoms. The molecule has 1 saturated carbocycles.